The SMILES string of the molecule is COc1ccc(OC)c(CC(=O)Nc2ccc3nc(C)oc3c2)c1. The Morgan fingerprint density at radius 3 is 2.75 bits per heavy atom. The van der Waals surface area contributed by atoms with Crippen molar-refractivity contribution in [3.8, 4) is 11.5 Å². The molecule has 0 spiro atoms. The molecule has 1 heterocycles. The predicted molar refractivity (Wildman–Crippen MR) is 90.6 cm³/mol. The molecule has 24 heavy (non-hydrogen) atoms. The third-order valence-corrected chi connectivity index (χ3v) is 3.62. The van der Waals surface area contributed by atoms with Crippen molar-refractivity contribution < 1.29 is 18.7 Å². The van der Waals surface area contributed by atoms with E-state index in [1.807, 2.05) is 6.07 Å². The van der Waals surface area contributed by atoms with Gasteiger partial charge in [0.2, 0.25) is 5.91 Å². The molecule has 3 rings (SSSR count). The zero-order valence-corrected chi connectivity index (χ0v) is 13.8. The van der Waals surface area contributed by atoms with E-state index >= 15 is 0 Å². The number of anilines is 1. The summed E-state index contributed by atoms with van der Waals surface area (Å²) in [6.45, 7) is 1.79. The van der Waals surface area contributed by atoms with Crippen LogP contribution in [-0.4, -0.2) is 25.1 Å². The van der Waals surface area contributed by atoms with Gasteiger partial charge in [0.15, 0.2) is 11.5 Å². The lowest BCUT2D eigenvalue weighted by atomic mass is 10.1. The maximum Gasteiger partial charge on any atom is 0.228 e. The summed E-state index contributed by atoms with van der Waals surface area (Å²) in [5.74, 6) is 1.76. The fraction of sp³-hybridized carbons (Fsp3) is 0.222. The van der Waals surface area contributed by atoms with E-state index < -0.39 is 0 Å². The van der Waals surface area contributed by atoms with Crippen LogP contribution in [0.15, 0.2) is 40.8 Å². The number of rotatable bonds is 5. The average molecular weight is 326 g/mol. The van der Waals surface area contributed by atoms with E-state index in [0.29, 0.717) is 28.7 Å². The van der Waals surface area contributed by atoms with Crippen LogP contribution in [0.3, 0.4) is 0 Å². The minimum atomic E-state index is -0.155. The van der Waals surface area contributed by atoms with Crippen LogP contribution in [0.2, 0.25) is 0 Å². The summed E-state index contributed by atoms with van der Waals surface area (Å²) in [6.07, 6.45) is 0.174. The molecule has 0 atom stereocenters. The Balaban J connectivity index is 1.77. The minimum Gasteiger partial charge on any atom is -0.497 e. The van der Waals surface area contributed by atoms with Gasteiger partial charge in [-0.2, -0.15) is 0 Å². The van der Waals surface area contributed by atoms with Gasteiger partial charge in [-0.25, -0.2) is 4.98 Å². The molecule has 0 aliphatic rings. The first kappa shape index (κ1) is 15.9. The number of carbonyl (C=O) groups excluding carboxylic acids is 1. The first-order valence-corrected chi connectivity index (χ1v) is 7.47. The highest BCUT2D eigenvalue weighted by Crippen LogP contribution is 2.25. The van der Waals surface area contributed by atoms with E-state index in [-0.39, 0.29) is 12.3 Å². The normalized spacial score (nSPS) is 10.6. The first-order chi connectivity index (χ1) is 11.6. The number of aromatic nitrogens is 1. The highest BCUT2D eigenvalue weighted by molar-refractivity contribution is 5.94. The lowest BCUT2D eigenvalue weighted by Crippen LogP contribution is -2.15. The number of nitrogens with zero attached hydrogens (tertiary/aromatic N) is 1. The molecule has 1 N–H and O–H groups in total. The number of ether oxygens (including phenoxy) is 2. The fourth-order valence-corrected chi connectivity index (χ4v) is 2.52. The Hall–Kier alpha value is -3.02. The molecule has 0 saturated carbocycles. The number of hydrogen-bond donors (Lipinski definition) is 1. The van der Waals surface area contributed by atoms with Gasteiger partial charge < -0.3 is 19.2 Å². The highest BCUT2D eigenvalue weighted by atomic mass is 16.5. The minimum absolute atomic E-state index is 0.155. The summed E-state index contributed by atoms with van der Waals surface area (Å²) in [6, 6.07) is 10.7. The Kier molecular flexibility index (Phi) is 4.37. The van der Waals surface area contributed by atoms with E-state index in [9.17, 15) is 4.79 Å². The lowest BCUT2D eigenvalue weighted by Gasteiger charge is -2.11. The van der Waals surface area contributed by atoms with Gasteiger partial charge in [-0.15, -0.1) is 0 Å². The molecule has 2 aromatic carbocycles. The van der Waals surface area contributed by atoms with E-state index in [2.05, 4.69) is 10.3 Å². The van der Waals surface area contributed by atoms with Crippen molar-refractivity contribution in [2.75, 3.05) is 19.5 Å². The largest absolute Gasteiger partial charge is 0.497 e. The van der Waals surface area contributed by atoms with Crippen molar-refractivity contribution >= 4 is 22.7 Å². The summed E-state index contributed by atoms with van der Waals surface area (Å²) in [5, 5.41) is 2.86. The molecule has 0 aliphatic heterocycles. The molecular weight excluding hydrogens is 308 g/mol. The summed E-state index contributed by atoms with van der Waals surface area (Å²) in [5.41, 5.74) is 2.82. The van der Waals surface area contributed by atoms with Gasteiger partial charge in [0.05, 0.1) is 20.6 Å². The number of amides is 1. The van der Waals surface area contributed by atoms with Gasteiger partial charge in [-0.1, -0.05) is 0 Å². The number of fused-ring (bicyclic) bond motifs is 1. The van der Waals surface area contributed by atoms with Crippen LogP contribution in [-0.2, 0) is 11.2 Å². The molecule has 0 radical (unpaired) electrons. The molecule has 124 valence electrons. The summed E-state index contributed by atoms with van der Waals surface area (Å²) in [4.78, 5) is 16.6. The standard InChI is InChI=1S/C18H18N2O4/c1-11-19-15-6-4-13(10-17(15)24-11)20-18(21)9-12-8-14(22-2)5-7-16(12)23-3/h4-8,10H,9H2,1-3H3,(H,20,21). The van der Waals surface area contributed by atoms with Crippen molar-refractivity contribution in [1.29, 1.82) is 0 Å². The molecule has 0 saturated heterocycles. The van der Waals surface area contributed by atoms with Crippen LogP contribution < -0.4 is 14.8 Å². The predicted octanol–water partition coefficient (Wildman–Crippen LogP) is 3.33. The van der Waals surface area contributed by atoms with Crippen LogP contribution in [0.5, 0.6) is 11.5 Å². The van der Waals surface area contributed by atoms with Gasteiger partial charge in [0.25, 0.3) is 0 Å². The first-order valence-electron chi connectivity index (χ1n) is 7.47. The number of oxazole rings is 1. The number of benzene rings is 2. The van der Waals surface area contributed by atoms with Gasteiger partial charge >= 0.3 is 0 Å². The van der Waals surface area contributed by atoms with E-state index in [1.165, 1.54) is 0 Å². The topological polar surface area (TPSA) is 73.6 Å². The molecule has 0 fully saturated rings. The number of hydrogen-bond acceptors (Lipinski definition) is 5. The number of nitrogens with one attached hydrogen (secondary N) is 1. The molecule has 0 aliphatic carbocycles. The smallest absolute Gasteiger partial charge is 0.228 e. The molecule has 1 aromatic heterocycles. The zero-order chi connectivity index (χ0) is 17.1. The molecule has 6 nitrogen and oxygen atoms in total. The number of aryl methyl sites for hydroxylation is 1. The Morgan fingerprint density at radius 1 is 1.17 bits per heavy atom. The van der Waals surface area contributed by atoms with Gasteiger partial charge in [0, 0.05) is 24.2 Å². The fourth-order valence-electron chi connectivity index (χ4n) is 2.52. The highest BCUT2D eigenvalue weighted by Gasteiger charge is 2.11. The Labute approximate surface area is 139 Å². The van der Waals surface area contributed by atoms with Gasteiger partial charge in [-0.3, -0.25) is 4.79 Å². The summed E-state index contributed by atoms with van der Waals surface area (Å²) in [7, 11) is 3.16. The third kappa shape index (κ3) is 3.32. The Morgan fingerprint density at radius 2 is 2.00 bits per heavy atom. The maximum atomic E-state index is 12.3. The molecular formula is C18H18N2O4. The van der Waals surface area contributed by atoms with E-state index in [4.69, 9.17) is 13.9 Å². The molecule has 0 unspecified atom stereocenters. The summed E-state index contributed by atoms with van der Waals surface area (Å²) >= 11 is 0. The van der Waals surface area contributed by atoms with Gasteiger partial charge in [-0.05, 0) is 30.3 Å². The van der Waals surface area contributed by atoms with Crippen LogP contribution in [0, 0.1) is 6.92 Å². The second-order valence-corrected chi connectivity index (χ2v) is 5.32. The monoisotopic (exact) mass is 326 g/mol. The van der Waals surface area contributed by atoms with Crippen LogP contribution in [0.1, 0.15) is 11.5 Å². The Bertz CT molecular complexity index is 886. The quantitative estimate of drug-likeness (QED) is 0.778. The van der Waals surface area contributed by atoms with Crippen LogP contribution in [0.25, 0.3) is 11.1 Å². The van der Waals surface area contributed by atoms with Crippen molar-refractivity contribution in [2.24, 2.45) is 0 Å². The molecule has 0 bridgehead atoms. The van der Waals surface area contributed by atoms with Gasteiger partial charge in [0.1, 0.15) is 17.0 Å². The second-order valence-electron chi connectivity index (χ2n) is 5.32. The second kappa shape index (κ2) is 6.62. The number of carbonyl (C=O) groups is 1. The average Bonchev–Trinajstić information content (AvgIpc) is 2.94. The number of methoxy groups -OCH3 is 2. The maximum absolute atomic E-state index is 12.3. The third-order valence-electron chi connectivity index (χ3n) is 3.62. The molecule has 3 aromatic rings. The molecule has 1 amide bonds. The van der Waals surface area contributed by atoms with Crippen molar-refractivity contribution in [1.82, 2.24) is 4.98 Å². The van der Waals surface area contributed by atoms with E-state index in [1.54, 1.807) is 51.5 Å². The van der Waals surface area contributed by atoms with E-state index in [0.717, 1.165) is 11.1 Å². The zero-order valence-electron chi connectivity index (χ0n) is 13.8. The van der Waals surface area contributed by atoms with Crippen molar-refractivity contribution in [3.63, 3.8) is 0 Å². The summed E-state index contributed by atoms with van der Waals surface area (Å²) < 4.78 is 16.0. The van der Waals surface area contributed by atoms with Crippen LogP contribution >= 0.6 is 0 Å². The molecule has 6 heteroatoms. The van der Waals surface area contributed by atoms with Crippen LogP contribution in [0.4, 0.5) is 5.69 Å². The lowest BCUT2D eigenvalue weighted by molar-refractivity contribution is -0.115. The van der Waals surface area contributed by atoms with Crippen molar-refractivity contribution in [2.45, 2.75) is 13.3 Å². The van der Waals surface area contributed by atoms with Crippen molar-refractivity contribution in [3.05, 3.63) is 47.9 Å².